The van der Waals surface area contributed by atoms with Gasteiger partial charge in [0, 0.05) is 12.2 Å². The van der Waals surface area contributed by atoms with E-state index >= 15 is 0 Å². The number of unbranched alkanes of at least 4 members (excludes halogenated alkanes) is 3. The Labute approximate surface area is 99.6 Å². The van der Waals surface area contributed by atoms with E-state index in [9.17, 15) is 0 Å². The second kappa shape index (κ2) is 7.10. The van der Waals surface area contributed by atoms with Gasteiger partial charge in [0.05, 0.1) is 0 Å². The minimum absolute atomic E-state index is 1.03. The van der Waals surface area contributed by atoms with E-state index in [1.54, 1.807) is 0 Å². The summed E-state index contributed by atoms with van der Waals surface area (Å²) >= 11 is 0. The maximum absolute atomic E-state index is 4.09. The molecule has 0 aromatic heterocycles. The molecule has 0 aliphatic carbocycles. The predicted octanol–water partition coefficient (Wildman–Crippen LogP) is 4.14. The first-order valence-electron chi connectivity index (χ1n) is 6.24. The highest BCUT2D eigenvalue weighted by Crippen LogP contribution is 2.14. The summed E-state index contributed by atoms with van der Waals surface area (Å²) in [5.41, 5.74) is 3.57. The van der Waals surface area contributed by atoms with Crippen LogP contribution in [0, 0.1) is 6.92 Å². The van der Waals surface area contributed by atoms with Gasteiger partial charge in [-0.05, 0) is 24.5 Å². The van der Waals surface area contributed by atoms with Gasteiger partial charge in [0.1, 0.15) is 0 Å². The number of hydrogen-bond acceptors (Lipinski definition) is 1. The van der Waals surface area contributed by atoms with Crippen LogP contribution in [0.15, 0.2) is 30.8 Å². The van der Waals surface area contributed by atoms with Gasteiger partial charge in [-0.15, -0.1) is 0 Å². The normalized spacial score (nSPS) is 10.1. The molecule has 0 fully saturated rings. The lowest BCUT2D eigenvalue weighted by Crippen LogP contribution is -2.13. The van der Waals surface area contributed by atoms with E-state index in [4.69, 9.17) is 0 Å². The molecular formula is C15H23N. The molecule has 1 heteroatoms. The quantitative estimate of drug-likeness (QED) is 0.677. The molecular weight excluding hydrogens is 194 g/mol. The Kier molecular flexibility index (Phi) is 5.69. The van der Waals surface area contributed by atoms with Crippen molar-refractivity contribution >= 4 is 5.70 Å². The molecule has 0 bridgehead atoms. The lowest BCUT2D eigenvalue weighted by atomic mass is 10.1. The van der Waals surface area contributed by atoms with Gasteiger partial charge in [-0.1, -0.05) is 57.0 Å². The van der Waals surface area contributed by atoms with Gasteiger partial charge in [0.25, 0.3) is 0 Å². The summed E-state index contributed by atoms with van der Waals surface area (Å²) < 4.78 is 0. The number of nitrogens with one attached hydrogen (secondary N) is 1. The molecule has 1 nitrogen and oxygen atoms in total. The summed E-state index contributed by atoms with van der Waals surface area (Å²) in [4.78, 5) is 0. The smallest absolute Gasteiger partial charge is 0.0343 e. The molecule has 88 valence electrons. The van der Waals surface area contributed by atoms with Gasteiger partial charge in [-0.2, -0.15) is 0 Å². The minimum Gasteiger partial charge on any atom is -0.385 e. The number of hydrogen-bond donors (Lipinski definition) is 1. The van der Waals surface area contributed by atoms with Crippen molar-refractivity contribution in [3.8, 4) is 0 Å². The molecule has 0 atom stereocenters. The standard InChI is InChI=1S/C15H23N/c1-4-5-6-9-12-16-14(3)15-11-8-7-10-13(15)2/h7-8,10-11,16H,3-6,9,12H2,1-2H3. The molecule has 0 heterocycles. The Bertz CT molecular complexity index is 328. The van der Waals surface area contributed by atoms with Crippen LogP contribution in [-0.2, 0) is 0 Å². The highest BCUT2D eigenvalue weighted by Gasteiger charge is 2.00. The van der Waals surface area contributed by atoms with Gasteiger partial charge < -0.3 is 5.32 Å². The molecule has 0 spiro atoms. The second-order valence-electron chi connectivity index (χ2n) is 4.28. The van der Waals surface area contributed by atoms with Crippen molar-refractivity contribution in [2.45, 2.75) is 39.5 Å². The fourth-order valence-corrected chi connectivity index (χ4v) is 1.80. The zero-order valence-corrected chi connectivity index (χ0v) is 10.6. The molecule has 0 saturated carbocycles. The van der Waals surface area contributed by atoms with Crippen LogP contribution >= 0.6 is 0 Å². The monoisotopic (exact) mass is 217 g/mol. The average Bonchev–Trinajstić information content (AvgIpc) is 2.29. The van der Waals surface area contributed by atoms with Crippen LogP contribution in [0.4, 0.5) is 0 Å². The van der Waals surface area contributed by atoms with Crippen LogP contribution in [0.2, 0.25) is 0 Å². The molecule has 0 radical (unpaired) electrons. The molecule has 1 N–H and O–H groups in total. The van der Waals surface area contributed by atoms with Crippen molar-refractivity contribution in [1.29, 1.82) is 0 Å². The first-order chi connectivity index (χ1) is 7.75. The predicted molar refractivity (Wildman–Crippen MR) is 72.4 cm³/mol. The Morgan fingerprint density at radius 1 is 1.19 bits per heavy atom. The molecule has 1 aromatic carbocycles. The highest BCUT2D eigenvalue weighted by molar-refractivity contribution is 5.64. The number of aryl methyl sites for hydroxylation is 1. The molecule has 0 unspecified atom stereocenters. The Morgan fingerprint density at radius 2 is 1.94 bits per heavy atom. The minimum atomic E-state index is 1.03. The summed E-state index contributed by atoms with van der Waals surface area (Å²) in [6.07, 6.45) is 5.17. The van der Waals surface area contributed by atoms with Crippen molar-refractivity contribution in [3.63, 3.8) is 0 Å². The van der Waals surface area contributed by atoms with Gasteiger partial charge in [0.2, 0.25) is 0 Å². The van der Waals surface area contributed by atoms with Crippen molar-refractivity contribution in [2.24, 2.45) is 0 Å². The second-order valence-corrected chi connectivity index (χ2v) is 4.28. The Balaban J connectivity index is 2.33. The van der Waals surface area contributed by atoms with Crippen LogP contribution in [0.5, 0.6) is 0 Å². The van der Waals surface area contributed by atoms with Gasteiger partial charge in [0.15, 0.2) is 0 Å². The number of benzene rings is 1. The lowest BCUT2D eigenvalue weighted by molar-refractivity contribution is 0.650. The maximum Gasteiger partial charge on any atom is 0.0343 e. The van der Waals surface area contributed by atoms with E-state index in [1.807, 2.05) is 0 Å². The van der Waals surface area contributed by atoms with E-state index in [0.29, 0.717) is 0 Å². The zero-order chi connectivity index (χ0) is 11.8. The average molecular weight is 217 g/mol. The van der Waals surface area contributed by atoms with Crippen LogP contribution in [0.1, 0.15) is 43.7 Å². The Hall–Kier alpha value is -1.24. The van der Waals surface area contributed by atoms with Crippen LogP contribution in [0.3, 0.4) is 0 Å². The molecule has 1 rings (SSSR count). The van der Waals surface area contributed by atoms with E-state index in [0.717, 1.165) is 12.2 Å². The molecule has 16 heavy (non-hydrogen) atoms. The van der Waals surface area contributed by atoms with Gasteiger partial charge >= 0.3 is 0 Å². The van der Waals surface area contributed by atoms with Crippen molar-refractivity contribution in [1.82, 2.24) is 5.32 Å². The molecule has 0 aliphatic rings. The van der Waals surface area contributed by atoms with Crippen LogP contribution < -0.4 is 5.32 Å². The molecule has 0 amide bonds. The summed E-state index contributed by atoms with van der Waals surface area (Å²) in [5.74, 6) is 0. The summed E-state index contributed by atoms with van der Waals surface area (Å²) in [7, 11) is 0. The lowest BCUT2D eigenvalue weighted by Gasteiger charge is -2.11. The largest absolute Gasteiger partial charge is 0.385 e. The topological polar surface area (TPSA) is 12.0 Å². The van der Waals surface area contributed by atoms with Crippen molar-refractivity contribution in [3.05, 3.63) is 42.0 Å². The van der Waals surface area contributed by atoms with Crippen LogP contribution in [0.25, 0.3) is 5.70 Å². The summed E-state index contributed by atoms with van der Waals surface area (Å²) in [5, 5.41) is 3.40. The third-order valence-corrected chi connectivity index (χ3v) is 2.84. The Morgan fingerprint density at radius 3 is 2.62 bits per heavy atom. The SMILES string of the molecule is C=C(NCCCCCC)c1ccccc1C. The van der Waals surface area contributed by atoms with Crippen molar-refractivity contribution < 1.29 is 0 Å². The summed E-state index contributed by atoms with van der Waals surface area (Å²) in [6, 6.07) is 8.37. The first-order valence-corrected chi connectivity index (χ1v) is 6.24. The maximum atomic E-state index is 4.09. The summed E-state index contributed by atoms with van der Waals surface area (Å²) in [6.45, 7) is 9.49. The fourth-order valence-electron chi connectivity index (χ4n) is 1.80. The zero-order valence-electron chi connectivity index (χ0n) is 10.6. The van der Waals surface area contributed by atoms with Crippen molar-refractivity contribution in [2.75, 3.05) is 6.54 Å². The third-order valence-electron chi connectivity index (χ3n) is 2.84. The highest BCUT2D eigenvalue weighted by atomic mass is 14.9. The van der Waals surface area contributed by atoms with E-state index < -0.39 is 0 Å². The van der Waals surface area contributed by atoms with Gasteiger partial charge in [-0.25, -0.2) is 0 Å². The van der Waals surface area contributed by atoms with E-state index in [-0.39, 0.29) is 0 Å². The van der Waals surface area contributed by atoms with E-state index in [2.05, 4.69) is 50.0 Å². The van der Waals surface area contributed by atoms with Gasteiger partial charge in [-0.3, -0.25) is 0 Å². The number of rotatable bonds is 7. The molecule has 1 aromatic rings. The fraction of sp³-hybridized carbons (Fsp3) is 0.467. The molecule has 0 saturated heterocycles. The third kappa shape index (κ3) is 4.09. The van der Waals surface area contributed by atoms with Crippen LogP contribution in [-0.4, -0.2) is 6.54 Å². The van der Waals surface area contributed by atoms with E-state index in [1.165, 1.54) is 36.8 Å². The first kappa shape index (κ1) is 12.8. The molecule has 0 aliphatic heterocycles.